The molecule has 4 heteroatoms. The highest BCUT2D eigenvalue weighted by Gasteiger charge is 2.01. The Morgan fingerprint density at radius 2 is 2.06 bits per heavy atom. The van der Waals surface area contributed by atoms with Crippen LogP contribution in [0.4, 0.5) is 4.39 Å². The van der Waals surface area contributed by atoms with Gasteiger partial charge in [0, 0.05) is 12.7 Å². The van der Waals surface area contributed by atoms with Gasteiger partial charge in [0.15, 0.2) is 0 Å². The Kier molecular flexibility index (Phi) is 5.56. The van der Waals surface area contributed by atoms with Crippen molar-refractivity contribution in [2.45, 2.75) is 13.8 Å². The topological polar surface area (TPSA) is 18.5 Å². The summed E-state index contributed by atoms with van der Waals surface area (Å²) in [5.74, 6) is 0.505. The van der Waals surface area contributed by atoms with Crippen molar-refractivity contribution in [1.82, 2.24) is 0 Å². The molecule has 0 radical (unpaired) electrons. The molecule has 0 unspecified atom stereocenters. The van der Waals surface area contributed by atoms with Crippen molar-refractivity contribution in [3.05, 3.63) is 29.0 Å². The van der Waals surface area contributed by atoms with Crippen molar-refractivity contribution in [2.75, 3.05) is 19.8 Å². The highest BCUT2D eigenvalue weighted by atomic mass is 35.5. The summed E-state index contributed by atoms with van der Waals surface area (Å²) in [4.78, 5) is 0. The van der Waals surface area contributed by atoms with Crippen LogP contribution < -0.4 is 4.74 Å². The third kappa shape index (κ3) is 4.81. The molecule has 0 bridgehead atoms. The molecule has 1 aromatic rings. The van der Waals surface area contributed by atoms with Crippen LogP contribution in [0.5, 0.6) is 5.75 Å². The van der Waals surface area contributed by atoms with Gasteiger partial charge in [-0.3, -0.25) is 0 Å². The molecule has 16 heavy (non-hydrogen) atoms. The summed E-state index contributed by atoms with van der Waals surface area (Å²) in [6.45, 7) is 5.78. The van der Waals surface area contributed by atoms with Gasteiger partial charge in [-0.05, 0) is 18.1 Å². The molecular formula is C12H16ClFO2. The summed E-state index contributed by atoms with van der Waals surface area (Å²) in [6, 6.07) is 4.37. The van der Waals surface area contributed by atoms with Gasteiger partial charge in [0.2, 0.25) is 0 Å². The predicted molar refractivity (Wildman–Crippen MR) is 62.6 cm³/mol. The van der Waals surface area contributed by atoms with Gasteiger partial charge in [-0.1, -0.05) is 25.4 Å². The molecule has 0 aliphatic carbocycles. The molecule has 0 aliphatic heterocycles. The molecular weight excluding hydrogens is 231 g/mol. The number of benzene rings is 1. The fourth-order valence-electron chi connectivity index (χ4n) is 1.10. The van der Waals surface area contributed by atoms with Crippen LogP contribution in [0.3, 0.4) is 0 Å². The van der Waals surface area contributed by atoms with Crippen LogP contribution >= 0.6 is 11.6 Å². The third-order valence-electron chi connectivity index (χ3n) is 1.84. The molecule has 0 saturated heterocycles. The second-order valence-corrected chi connectivity index (χ2v) is 4.30. The van der Waals surface area contributed by atoms with Crippen molar-refractivity contribution >= 4 is 11.6 Å². The number of halogens is 2. The maximum atomic E-state index is 13.0. The Morgan fingerprint density at radius 1 is 1.31 bits per heavy atom. The average Bonchev–Trinajstić information content (AvgIpc) is 2.22. The molecule has 1 rings (SSSR count). The Labute approximate surface area is 100 Å². The van der Waals surface area contributed by atoms with Crippen LogP contribution in [0, 0.1) is 11.7 Å². The standard InChI is InChI=1S/C12H16ClFO2/c1-9(2)8-15-5-6-16-10-3-4-11(13)12(14)7-10/h3-4,7,9H,5-6,8H2,1-2H3. The van der Waals surface area contributed by atoms with E-state index in [-0.39, 0.29) is 5.02 Å². The number of rotatable bonds is 6. The molecule has 0 atom stereocenters. The smallest absolute Gasteiger partial charge is 0.145 e. The molecule has 0 aliphatic rings. The van der Waals surface area contributed by atoms with E-state index in [1.54, 1.807) is 6.07 Å². The second-order valence-electron chi connectivity index (χ2n) is 3.89. The maximum absolute atomic E-state index is 13.0. The lowest BCUT2D eigenvalue weighted by Gasteiger charge is -2.08. The number of hydrogen-bond donors (Lipinski definition) is 0. The highest BCUT2D eigenvalue weighted by Crippen LogP contribution is 2.20. The van der Waals surface area contributed by atoms with Gasteiger partial charge in [-0.15, -0.1) is 0 Å². The van der Waals surface area contributed by atoms with E-state index in [2.05, 4.69) is 13.8 Å². The van der Waals surface area contributed by atoms with E-state index >= 15 is 0 Å². The molecule has 0 fully saturated rings. The zero-order chi connectivity index (χ0) is 12.0. The first kappa shape index (κ1) is 13.3. The highest BCUT2D eigenvalue weighted by molar-refractivity contribution is 6.30. The summed E-state index contributed by atoms with van der Waals surface area (Å²) in [5.41, 5.74) is 0. The van der Waals surface area contributed by atoms with Crippen LogP contribution in [0.15, 0.2) is 18.2 Å². The van der Waals surface area contributed by atoms with Crippen molar-refractivity contribution in [3.8, 4) is 5.75 Å². The molecule has 0 amide bonds. The maximum Gasteiger partial charge on any atom is 0.145 e. The van der Waals surface area contributed by atoms with Crippen LogP contribution in [-0.4, -0.2) is 19.8 Å². The van der Waals surface area contributed by atoms with Gasteiger partial charge >= 0.3 is 0 Å². The Hall–Kier alpha value is -0.800. The van der Waals surface area contributed by atoms with Crippen molar-refractivity contribution in [1.29, 1.82) is 0 Å². The minimum absolute atomic E-state index is 0.100. The first-order valence-electron chi connectivity index (χ1n) is 5.25. The van der Waals surface area contributed by atoms with Gasteiger partial charge in [0.05, 0.1) is 11.6 Å². The molecule has 0 spiro atoms. The molecule has 90 valence electrons. The van der Waals surface area contributed by atoms with E-state index in [1.807, 2.05) is 0 Å². The lowest BCUT2D eigenvalue weighted by molar-refractivity contribution is 0.0818. The largest absolute Gasteiger partial charge is 0.491 e. The zero-order valence-corrected chi connectivity index (χ0v) is 10.3. The van der Waals surface area contributed by atoms with Crippen LogP contribution in [-0.2, 0) is 4.74 Å². The molecule has 2 nitrogen and oxygen atoms in total. The summed E-state index contributed by atoms with van der Waals surface area (Å²) < 4.78 is 23.6. The first-order valence-corrected chi connectivity index (χ1v) is 5.63. The molecule has 0 aromatic heterocycles. The van der Waals surface area contributed by atoms with E-state index in [1.165, 1.54) is 12.1 Å². The van der Waals surface area contributed by atoms with Gasteiger partial charge in [0.1, 0.15) is 18.2 Å². The summed E-state index contributed by atoms with van der Waals surface area (Å²) >= 11 is 5.54. The normalized spacial score (nSPS) is 10.8. The molecule has 0 N–H and O–H groups in total. The van der Waals surface area contributed by atoms with Gasteiger partial charge in [0.25, 0.3) is 0 Å². The van der Waals surface area contributed by atoms with Crippen molar-refractivity contribution in [2.24, 2.45) is 5.92 Å². The Bertz CT molecular complexity index is 329. The third-order valence-corrected chi connectivity index (χ3v) is 2.15. The first-order chi connectivity index (χ1) is 7.59. The zero-order valence-electron chi connectivity index (χ0n) is 9.50. The lowest BCUT2D eigenvalue weighted by atomic mass is 10.2. The SMILES string of the molecule is CC(C)COCCOc1ccc(Cl)c(F)c1. The van der Waals surface area contributed by atoms with E-state index in [0.29, 0.717) is 31.5 Å². The van der Waals surface area contributed by atoms with Crippen LogP contribution in [0.2, 0.25) is 5.02 Å². The summed E-state index contributed by atoms with van der Waals surface area (Å²) in [6.07, 6.45) is 0. The number of ether oxygens (including phenoxy) is 2. The van der Waals surface area contributed by atoms with Gasteiger partial charge in [-0.25, -0.2) is 4.39 Å². The molecule has 1 aromatic carbocycles. The minimum atomic E-state index is -0.470. The van der Waals surface area contributed by atoms with E-state index in [0.717, 1.165) is 0 Å². The monoisotopic (exact) mass is 246 g/mol. The minimum Gasteiger partial charge on any atom is -0.491 e. The van der Waals surface area contributed by atoms with E-state index < -0.39 is 5.82 Å². The van der Waals surface area contributed by atoms with E-state index in [9.17, 15) is 4.39 Å². The molecule has 0 saturated carbocycles. The predicted octanol–water partition coefficient (Wildman–Crippen LogP) is 3.53. The van der Waals surface area contributed by atoms with Gasteiger partial charge in [-0.2, -0.15) is 0 Å². The molecule has 0 heterocycles. The fraction of sp³-hybridized carbons (Fsp3) is 0.500. The van der Waals surface area contributed by atoms with Crippen molar-refractivity contribution < 1.29 is 13.9 Å². The quantitative estimate of drug-likeness (QED) is 0.715. The Balaban J connectivity index is 2.24. The second kappa shape index (κ2) is 6.71. The Morgan fingerprint density at radius 3 is 2.69 bits per heavy atom. The summed E-state index contributed by atoms with van der Waals surface area (Å²) in [7, 11) is 0. The van der Waals surface area contributed by atoms with Crippen molar-refractivity contribution in [3.63, 3.8) is 0 Å². The van der Waals surface area contributed by atoms with E-state index in [4.69, 9.17) is 21.1 Å². The van der Waals surface area contributed by atoms with Crippen LogP contribution in [0.25, 0.3) is 0 Å². The lowest BCUT2D eigenvalue weighted by Crippen LogP contribution is -2.10. The van der Waals surface area contributed by atoms with Gasteiger partial charge < -0.3 is 9.47 Å². The fourth-order valence-corrected chi connectivity index (χ4v) is 1.22. The number of hydrogen-bond acceptors (Lipinski definition) is 2. The average molecular weight is 247 g/mol. The van der Waals surface area contributed by atoms with Crippen LogP contribution in [0.1, 0.15) is 13.8 Å². The summed E-state index contributed by atoms with van der Waals surface area (Å²) in [5, 5.41) is 0.100.